The van der Waals surface area contributed by atoms with Crippen molar-refractivity contribution in [3.8, 4) is 0 Å². The second-order valence-electron chi connectivity index (χ2n) is 6.20. The molecule has 26 heavy (non-hydrogen) atoms. The summed E-state index contributed by atoms with van der Waals surface area (Å²) in [6, 6.07) is 9.05. The van der Waals surface area contributed by atoms with Gasteiger partial charge in [0.1, 0.15) is 5.82 Å². The third-order valence-corrected chi connectivity index (χ3v) is 5.89. The Bertz CT molecular complexity index is 1120. The third-order valence-electron chi connectivity index (χ3n) is 4.43. The summed E-state index contributed by atoms with van der Waals surface area (Å²) >= 11 is 0. The molecule has 1 aliphatic rings. The van der Waals surface area contributed by atoms with Gasteiger partial charge >= 0.3 is 0 Å². The van der Waals surface area contributed by atoms with E-state index in [4.69, 9.17) is 0 Å². The highest BCUT2D eigenvalue weighted by Gasteiger charge is 2.21. The van der Waals surface area contributed by atoms with Crippen molar-refractivity contribution >= 4 is 32.5 Å². The number of carbonyl (C=O) groups is 1. The molecule has 0 radical (unpaired) electrons. The molecule has 1 aromatic heterocycles. The smallest absolute Gasteiger partial charge is 0.240 e. The van der Waals surface area contributed by atoms with Crippen LogP contribution in [-0.4, -0.2) is 25.9 Å². The number of hydrogen-bond donors (Lipinski definition) is 3. The predicted molar refractivity (Wildman–Crippen MR) is 95.9 cm³/mol. The molecule has 6 nitrogen and oxygen atoms in total. The molecule has 8 heteroatoms. The largest absolute Gasteiger partial charge is 0.361 e. The fraction of sp³-hybridized carbons (Fsp3) is 0.167. The van der Waals surface area contributed by atoms with E-state index in [1.165, 1.54) is 24.3 Å². The lowest BCUT2D eigenvalue weighted by Gasteiger charge is -2.08. The molecule has 3 N–H and O–H groups in total. The van der Waals surface area contributed by atoms with Crippen LogP contribution in [0.5, 0.6) is 0 Å². The number of sulfonamides is 1. The Hall–Kier alpha value is -2.71. The molecule has 4 rings (SSSR count). The SMILES string of the molecule is O=C1Cc2cc(S(=O)(=O)NCCc3c[nH]c4cc(F)ccc34)ccc2N1. The number of nitrogens with one attached hydrogen (secondary N) is 3. The first kappa shape index (κ1) is 16.7. The maximum absolute atomic E-state index is 13.2. The molecule has 0 saturated heterocycles. The molecule has 0 saturated carbocycles. The molecule has 2 heterocycles. The number of carbonyl (C=O) groups excluding carboxylic acids is 1. The number of aromatic amines is 1. The van der Waals surface area contributed by atoms with Crippen LogP contribution in [0.4, 0.5) is 10.1 Å². The van der Waals surface area contributed by atoms with E-state index in [1.54, 1.807) is 18.3 Å². The first-order valence-corrected chi connectivity index (χ1v) is 9.59. The summed E-state index contributed by atoms with van der Waals surface area (Å²) in [6.07, 6.45) is 2.41. The van der Waals surface area contributed by atoms with Gasteiger partial charge in [0.15, 0.2) is 0 Å². The highest BCUT2D eigenvalue weighted by Crippen LogP contribution is 2.26. The first-order chi connectivity index (χ1) is 12.4. The lowest BCUT2D eigenvalue weighted by atomic mass is 10.1. The zero-order valence-corrected chi connectivity index (χ0v) is 14.5. The van der Waals surface area contributed by atoms with Crippen molar-refractivity contribution in [3.63, 3.8) is 0 Å². The van der Waals surface area contributed by atoms with Crippen molar-refractivity contribution in [2.75, 3.05) is 11.9 Å². The van der Waals surface area contributed by atoms with Crippen molar-refractivity contribution in [2.24, 2.45) is 0 Å². The predicted octanol–water partition coefficient (Wildman–Crippen LogP) is 2.32. The molecule has 3 aromatic rings. The van der Waals surface area contributed by atoms with Gasteiger partial charge in [-0.2, -0.15) is 0 Å². The van der Waals surface area contributed by atoms with E-state index < -0.39 is 10.0 Å². The summed E-state index contributed by atoms with van der Waals surface area (Å²) in [4.78, 5) is 14.5. The van der Waals surface area contributed by atoms with Crippen LogP contribution in [0.3, 0.4) is 0 Å². The van der Waals surface area contributed by atoms with Gasteiger partial charge in [0.05, 0.1) is 11.3 Å². The van der Waals surface area contributed by atoms with Gasteiger partial charge in [-0.25, -0.2) is 17.5 Å². The Kier molecular flexibility index (Phi) is 4.01. The summed E-state index contributed by atoms with van der Waals surface area (Å²) < 4.78 is 40.7. The molecule has 134 valence electrons. The lowest BCUT2D eigenvalue weighted by Crippen LogP contribution is -2.26. The standard InChI is InChI=1S/C18H16FN3O3S/c19-13-1-3-15-11(10-20-17(15)9-13)5-6-21-26(24,25)14-2-4-16-12(7-14)8-18(23)22-16/h1-4,7,9-10,20-21H,5-6,8H2,(H,22,23). The minimum Gasteiger partial charge on any atom is -0.361 e. The highest BCUT2D eigenvalue weighted by molar-refractivity contribution is 7.89. The zero-order valence-electron chi connectivity index (χ0n) is 13.7. The number of rotatable bonds is 5. The lowest BCUT2D eigenvalue weighted by molar-refractivity contribution is -0.115. The summed E-state index contributed by atoms with van der Waals surface area (Å²) in [5, 5.41) is 3.54. The van der Waals surface area contributed by atoms with E-state index in [1.807, 2.05) is 0 Å². The molecule has 2 aromatic carbocycles. The Balaban J connectivity index is 1.47. The molecular weight excluding hydrogens is 357 g/mol. The normalized spacial score (nSPS) is 13.8. The Morgan fingerprint density at radius 2 is 2.00 bits per heavy atom. The average molecular weight is 373 g/mol. The van der Waals surface area contributed by atoms with Crippen LogP contribution in [0.15, 0.2) is 47.5 Å². The van der Waals surface area contributed by atoms with Crippen LogP contribution < -0.4 is 10.0 Å². The summed E-state index contributed by atoms with van der Waals surface area (Å²) in [7, 11) is -3.67. The summed E-state index contributed by atoms with van der Waals surface area (Å²) in [5.74, 6) is -0.463. The Morgan fingerprint density at radius 3 is 2.85 bits per heavy atom. The van der Waals surface area contributed by atoms with Gasteiger partial charge in [-0.15, -0.1) is 0 Å². The molecule has 0 atom stereocenters. The van der Waals surface area contributed by atoms with Crippen LogP contribution in [0.25, 0.3) is 10.9 Å². The van der Waals surface area contributed by atoms with E-state index in [0.717, 1.165) is 10.9 Å². The van der Waals surface area contributed by atoms with Crippen molar-refractivity contribution in [2.45, 2.75) is 17.7 Å². The highest BCUT2D eigenvalue weighted by atomic mass is 32.2. The number of H-pyrrole nitrogens is 1. The molecule has 1 amide bonds. The minimum absolute atomic E-state index is 0.133. The number of amides is 1. The van der Waals surface area contributed by atoms with Crippen LogP contribution >= 0.6 is 0 Å². The van der Waals surface area contributed by atoms with Gasteiger partial charge in [0.25, 0.3) is 0 Å². The van der Waals surface area contributed by atoms with Gasteiger partial charge in [0, 0.05) is 29.3 Å². The number of aromatic nitrogens is 1. The topological polar surface area (TPSA) is 91.1 Å². The minimum atomic E-state index is -3.67. The van der Waals surface area contributed by atoms with E-state index in [2.05, 4.69) is 15.0 Å². The second kappa shape index (κ2) is 6.22. The number of hydrogen-bond acceptors (Lipinski definition) is 3. The van der Waals surface area contributed by atoms with E-state index in [9.17, 15) is 17.6 Å². The second-order valence-corrected chi connectivity index (χ2v) is 7.96. The van der Waals surface area contributed by atoms with E-state index >= 15 is 0 Å². The number of benzene rings is 2. The number of halogens is 1. The summed E-state index contributed by atoms with van der Waals surface area (Å²) in [6.45, 7) is 0.209. The van der Waals surface area contributed by atoms with Gasteiger partial charge in [0.2, 0.25) is 15.9 Å². The van der Waals surface area contributed by atoms with Crippen LogP contribution in [0.1, 0.15) is 11.1 Å². The molecular formula is C18H16FN3O3S. The van der Waals surface area contributed by atoms with Gasteiger partial charge in [-0.1, -0.05) is 0 Å². The quantitative estimate of drug-likeness (QED) is 0.641. The molecule has 0 aliphatic carbocycles. The van der Waals surface area contributed by atoms with E-state index in [0.29, 0.717) is 23.2 Å². The van der Waals surface area contributed by atoms with Crippen LogP contribution in [0, 0.1) is 5.82 Å². The number of fused-ring (bicyclic) bond motifs is 2. The van der Waals surface area contributed by atoms with Crippen molar-refractivity contribution in [1.82, 2.24) is 9.71 Å². The summed E-state index contributed by atoms with van der Waals surface area (Å²) in [5.41, 5.74) is 2.92. The van der Waals surface area contributed by atoms with Gasteiger partial charge in [-0.3, -0.25) is 4.79 Å². The van der Waals surface area contributed by atoms with Crippen molar-refractivity contribution in [1.29, 1.82) is 0 Å². The first-order valence-electron chi connectivity index (χ1n) is 8.10. The maximum atomic E-state index is 13.2. The Morgan fingerprint density at radius 1 is 1.15 bits per heavy atom. The molecule has 0 fully saturated rings. The van der Waals surface area contributed by atoms with Crippen LogP contribution in [0.2, 0.25) is 0 Å². The van der Waals surface area contributed by atoms with Gasteiger partial charge < -0.3 is 10.3 Å². The van der Waals surface area contributed by atoms with E-state index in [-0.39, 0.29) is 29.6 Å². The van der Waals surface area contributed by atoms with Crippen molar-refractivity contribution < 1.29 is 17.6 Å². The van der Waals surface area contributed by atoms with Crippen molar-refractivity contribution in [3.05, 3.63) is 59.5 Å². The average Bonchev–Trinajstić information content (AvgIpc) is 3.16. The van der Waals surface area contributed by atoms with Gasteiger partial charge in [-0.05, 0) is 53.9 Å². The zero-order chi connectivity index (χ0) is 18.3. The molecule has 1 aliphatic heterocycles. The fourth-order valence-corrected chi connectivity index (χ4v) is 4.22. The molecule has 0 unspecified atom stereocenters. The monoisotopic (exact) mass is 373 g/mol. The molecule has 0 bridgehead atoms. The Labute approximate surface area is 149 Å². The maximum Gasteiger partial charge on any atom is 0.240 e. The number of anilines is 1. The third kappa shape index (κ3) is 3.09. The fourth-order valence-electron chi connectivity index (χ4n) is 3.14. The van der Waals surface area contributed by atoms with Crippen LogP contribution in [-0.2, 0) is 27.7 Å². The molecule has 0 spiro atoms.